The van der Waals surface area contributed by atoms with E-state index in [2.05, 4.69) is 4.99 Å². The molecule has 1 saturated carbocycles. The highest BCUT2D eigenvalue weighted by Gasteiger charge is 2.39. The zero-order valence-corrected chi connectivity index (χ0v) is 10.6. The first kappa shape index (κ1) is 12.8. The molecule has 0 atom stereocenters. The van der Waals surface area contributed by atoms with Crippen LogP contribution in [0.3, 0.4) is 0 Å². The summed E-state index contributed by atoms with van der Waals surface area (Å²) >= 11 is 0. The van der Waals surface area contributed by atoms with Gasteiger partial charge in [0, 0.05) is 5.56 Å². The molecule has 3 nitrogen and oxygen atoms in total. The summed E-state index contributed by atoms with van der Waals surface area (Å²) in [5.74, 6) is 0.235. The molecule has 0 bridgehead atoms. The third-order valence-corrected chi connectivity index (χ3v) is 3.71. The largest absolute Gasteiger partial charge is 0.496 e. The van der Waals surface area contributed by atoms with E-state index in [0.29, 0.717) is 23.3 Å². The number of isocyanates is 1. The Morgan fingerprint density at radius 1 is 1.50 bits per heavy atom. The van der Waals surface area contributed by atoms with E-state index in [1.165, 1.54) is 13.2 Å². The van der Waals surface area contributed by atoms with E-state index in [9.17, 15) is 9.18 Å². The van der Waals surface area contributed by atoms with E-state index >= 15 is 0 Å². The lowest BCUT2D eigenvalue weighted by Gasteiger charge is -2.37. The second-order valence-electron chi connectivity index (χ2n) is 4.58. The molecule has 0 unspecified atom stereocenters. The molecule has 0 aliphatic heterocycles. The van der Waals surface area contributed by atoms with Gasteiger partial charge in [-0.15, -0.1) is 0 Å². The Kier molecular flexibility index (Phi) is 3.48. The minimum atomic E-state index is -0.581. The lowest BCUT2D eigenvalue weighted by atomic mass is 9.72. The molecule has 1 aliphatic carbocycles. The molecule has 1 fully saturated rings. The van der Waals surface area contributed by atoms with Crippen molar-refractivity contribution in [2.45, 2.75) is 38.1 Å². The summed E-state index contributed by atoms with van der Waals surface area (Å²) in [4.78, 5) is 14.4. The van der Waals surface area contributed by atoms with Crippen molar-refractivity contribution in [3.05, 3.63) is 29.1 Å². The molecule has 18 heavy (non-hydrogen) atoms. The highest BCUT2D eigenvalue weighted by atomic mass is 19.1. The van der Waals surface area contributed by atoms with Gasteiger partial charge in [-0.2, -0.15) is 4.99 Å². The highest BCUT2D eigenvalue weighted by molar-refractivity contribution is 5.45. The van der Waals surface area contributed by atoms with Gasteiger partial charge in [0.05, 0.1) is 12.6 Å². The second kappa shape index (κ2) is 4.91. The van der Waals surface area contributed by atoms with Gasteiger partial charge in [0.1, 0.15) is 11.6 Å². The first-order valence-electron chi connectivity index (χ1n) is 6.13. The topological polar surface area (TPSA) is 38.7 Å². The fourth-order valence-corrected chi connectivity index (χ4v) is 2.47. The lowest BCUT2D eigenvalue weighted by Crippen LogP contribution is -2.32. The predicted molar refractivity (Wildman–Crippen MR) is 66.0 cm³/mol. The number of rotatable bonds is 4. The number of benzene rings is 1. The van der Waals surface area contributed by atoms with Crippen molar-refractivity contribution in [3.63, 3.8) is 0 Å². The van der Waals surface area contributed by atoms with Crippen LogP contribution in [0.5, 0.6) is 5.75 Å². The zero-order valence-electron chi connectivity index (χ0n) is 10.6. The molecule has 0 aromatic heterocycles. The molecule has 0 N–H and O–H groups in total. The van der Waals surface area contributed by atoms with E-state index in [-0.39, 0.29) is 5.82 Å². The molecular weight excluding hydrogens is 233 g/mol. The average molecular weight is 249 g/mol. The number of halogens is 1. The summed E-state index contributed by atoms with van der Waals surface area (Å²) in [6.45, 7) is 1.88. The van der Waals surface area contributed by atoms with E-state index in [0.717, 1.165) is 19.3 Å². The quantitative estimate of drug-likeness (QED) is 0.607. The van der Waals surface area contributed by atoms with Crippen LogP contribution in [-0.2, 0) is 16.8 Å². The SMILES string of the molecule is CCc1c(F)cc(C2(N=C=O)CCC2)cc1OC. The summed E-state index contributed by atoms with van der Waals surface area (Å²) in [6, 6.07) is 3.27. The number of methoxy groups -OCH3 is 1. The minimum absolute atomic E-state index is 0.292. The molecular formula is C14H16FNO2. The molecule has 0 spiro atoms. The molecule has 0 heterocycles. The van der Waals surface area contributed by atoms with E-state index in [1.807, 2.05) is 6.92 Å². The molecule has 1 aromatic carbocycles. The molecule has 1 aliphatic rings. The van der Waals surface area contributed by atoms with Crippen molar-refractivity contribution in [2.24, 2.45) is 4.99 Å². The summed E-state index contributed by atoms with van der Waals surface area (Å²) in [5, 5.41) is 0. The maximum absolute atomic E-state index is 14.0. The van der Waals surface area contributed by atoms with Crippen LogP contribution in [0.1, 0.15) is 37.3 Å². The van der Waals surface area contributed by atoms with Gasteiger partial charge in [0.25, 0.3) is 0 Å². The van der Waals surface area contributed by atoms with Crippen LogP contribution in [0.15, 0.2) is 17.1 Å². The fraction of sp³-hybridized carbons (Fsp3) is 0.500. The Morgan fingerprint density at radius 3 is 2.67 bits per heavy atom. The standard InChI is InChI=1S/C14H16FNO2/c1-3-11-12(15)7-10(8-13(11)18-2)14(16-9-17)5-4-6-14/h7-8H,3-6H2,1-2H3. The van der Waals surface area contributed by atoms with Crippen LogP contribution < -0.4 is 4.74 Å². The van der Waals surface area contributed by atoms with Crippen LogP contribution in [0.2, 0.25) is 0 Å². The highest BCUT2D eigenvalue weighted by Crippen LogP contribution is 2.46. The number of carbonyl (C=O) groups excluding carboxylic acids is 1. The molecule has 4 heteroatoms. The summed E-state index contributed by atoms with van der Waals surface area (Å²) in [7, 11) is 1.52. The third kappa shape index (κ3) is 1.93. The third-order valence-electron chi connectivity index (χ3n) is 3.71. The predicted octanol–water partition coefficient (Wildman–Crippen LogP) is 3.11. The Labute approximate surface area is 106 Å². The van der Waals surface area contributed by atoms with E-state index < -0.39 is 5.54 Å². The Hall–Kier alpha value is -1.67. The molecule has 0 saturated heterocycles. The zero-order chi connectivity index (χ0) is 13.2. The van der Waals surface area contributed by atoms with E-state index in [4.69, 9.17) is 4.74 Å². The van der Waals surface area contributed by atoms with Crippen LogP contribution in [-0.4, -0.2) is 13.2 Å². The fourth-order valence-electron chi connectivity index (χ4n) is 2.47. The smallest absolute Gasteiger partial charge is 0.235 e. The van der Waals surface area contributed by atoms with Crippen molar-refractivity contribution in [1.82, 2.24) is 0 Å². The Morgan fingerprint density at radius 2 is 2.22 bits per heavy atom. The molecule has 0 radical (unpaired) electrons. The van der Waals surface area contributed by atoms with Gasteiger partial charge in [0.2, 0.25) is 6.08 Å². The number of ether oxygens (including phenoxy) is 1. The van der Waals surface area contributed by atoms with Crippen molar-refractivity contribution >= 4 is 6.08 Å². The Balaban J connectivity index is 2.52. The first-order chi connectivity index (χ1) is 8.66. The summed E-state index contributed by atoms with van der Waals surface area (Å²) < 4.78 is 19.2. The van der Waals surface area contributed by atoms with Crippen LogP contribution in [0.4, 0.5) is 4.39 Å². The number of hydrogen-bond acceptors (Lipinski definition) is 3. The van der Waals surface area contributed by atoms with Gasteiger partial charge >= 0.3 is 0 Å². The molecule has 96 valence electrons. The lowest BCUT2D eigenvalue weighted by molar-refractivity contribution is 0.253. The van der Waals surface area contributed by atoms with Crippen molar-refractivity contribution in [2.75, 3.05) is 7.11 Å². The van der Waals surface area contributed by atoms with Crippen LogP contribution in [0, 0.1) is 5.82 Å². The number of aliphatic imine (C=N–C) groups is 1. The van der Waals surface area contributed by atoms with Crippen LogP contribution >= 0.6 is 0 Å². The normalized spacial score (nSPS) is 16.6. The monoisotopic (exact) mass is 249 g/mol. The van der Waals surface area contributed by atoms with Crippen molar-refractivity contribution in [1.29, 1.82) is 0 Å². The Bertz CT molecular complexity index is 503. The second-order valence-corrected chi connectivity index (χ2v) is 4.58. The first-order valence-corrected chi connectivity index (χ1v) is 6.13. The van der Waals surface area contributed by atoms with Gasteiger partial charge in [-0.05, 0) is 43.4 Å². The summed E-state index contributed by atoms with van der Waals surface area (Å²) in [6.07, 6.45) is 4.69. The van der Waals surface area contributed by atoms with Gasteiger partial charge in [-0.1, -0.05) is 6.92 Å². The van der Waals surface area contributed by atoms with E-state index in [1.54, 1.807) is 12.1 Å². The van der Waals surface area contributed by atoms with Crippen molar-refractivity contribution in [3.8, 4) is 5.75 Å². The van der Waals surface area contributed by atoms with Crippen LogP contribution in [0.25, 0.3) is 0 Å². The molecule has 0 amide bonds. The van der Waals surface area contributed by atoms with Gasteiger partial charge in [-0.25, -0.2) is 9.18 Å². The van der Waals surface area contributed by atoms with Crippen molar-refractivity contribution < 1.29 is 13.9 Å². The molecule has 2 rings (SSSR count). The molecule has 1 aromatic rings. The van der Waals surface area contributed by atoms with Gasteiger partial charge in [0.15, 0.2) is 0 Å². The van der Waals surface area contributed by atoms with Gasteiger partial charge in [-0.3, -0.25) is 0 Å². The van der Waals surface area contributed by atoms with Gasteiger partial charge < -0.3 is 4.74 Å². The maximum atomic E-state index is 14.0. The number of hydrogen-bond donors (Lipinski definition) is 0. The summed E-state index contributed by atoms with van der Waals surface area (Å²) in [5.41, 5.74) is 0.691. The average Bonchev–Trinajstić information content (AvgIpc) is 2.32. The number of nitrogens with zero attached hydrogens (tertiary/aromatic N) is 1. The minimum Gasteiger partial charge on any atom is -0.496 e. The maximum Gasteiger partial charge on any atom is 0.235 e.